The monoisotopic (exact) mass is 458 g/mol. The van der Waals surface area contributed by atoms with Crippen molar-refractivity contribution < 1.29 is 22.7 Å². The molecule has 7 nitrogen and oxygen atoms in total. The number of rotatable bonds is 8. The maximum Gasteiger partial charge on any atom is 0.305 e. The first-order valence-electron chi connectivity index (χ1n) is 9.23. The summed E-state index contributed by atoms with van der Waals surface area (Å²) >= 11 is 6.04. The summed E-state index contributed by atoms with van der Waals surface area (Å²) in [6, 6.07) is 13.7. The van der Waals surface area contributed by atoms with E-state index in [-0.39, 0.29) is 28.5 Å². The first-order chi connectivity index (χ1) is 14.8. The smallest absolute Gasteiger partial charge is 0.305 e. The third-order valence-corrected chi connectivity index (χ3v) is 6.09. The molecule has 1 N–H and O–H groups in total. The number of hydrogen-bond acceptors (Lipinski definition) is 6. The molecule has 1 aromatic heterocycles. The quantitative estimate of drug-likeness (QED) is 0.406. The minimum atomic E-state index is -3.97. The number of carbonyl (C=O) groups is 2. The second-order valence-corrected chi connectivity index (χ2v) is 8.71. The molecule has 0 bridgehead atoms. The fourth-order valence-electron chi connectivity index (χ4n) is 2.83. The van der Waals surface area contributed by atoms with Crippen LogP contribution in [-0.2, 0) is 26.0 Å². The molecule has 0 unspecified atom stereocenters. The molecule has 0 aliphatic rings. The number of aryl methyl sites for hydroxylation is 1. The first-order valence-corrected chi connectivity index (χ1v) is 11.1. The van der Waals surface area contributed by atoms with Gasteiger partial charge in [0.2, 0.25) is 0 Å². The van der Waals surface area contributed by atoms with Crippen molar-refractivity contribution in [1.29, 1.82) is 0 Å². The summed E-state index contributed by atoms with van der Waals surface area (Å²) < 4.78 is 32.8. The second-order valence-electron chi connectivity index (χ2n) is 6.59. The summed E-state index contributed by atoms with van der Waals surface area (Å²) in [5, 5.41) is 0.296. The maximum atomic E-state index is 12.9. The third kappa shape index (κ3) is 5.68. The van der Waals surface area contributed by atoms with Gasteiger partial charge in [-0.25, -0.2) is 8.42 Å². The molecule has 0 atom stereocenters. The number of ether oxygens (including phenoxy) is 1. The molecule has 0 fully saturated rings. The second kappa shape index (κ2) is 9.72. The van der Waals surface area contributed by atoms with Crippen LogP contribution in [0.5, 0.6) is 0 Å². The Bertz CT molecular complexity index is 1200. The molecule has 160 valence electrons. The normalized spacial score (nSPS) is 11.0. The minimum Gasteiger partial charge on any atom is -0.469 e. The number of methoxy groups -OCH3 is 1. The van der Waals surface area contributed by atoms with Gasteiger partial charge in [-0.15, -0.1) is 0 Å². The van der Waals surface area contributed by atoms with E-state index in [1.54, 1.807) is 24.3 Å². The molecule has 0 aliphatic heterocycles. The number of benzene rings is 2. The molecule has 9 heteroatoms. The van der Waals surface area contributed by atoms with Crippen LogP contribution in [0.4, 0.5) is 5.69 Å². The van der Waals surface area contributed by atoms with Crippen LogP contribution in [0.2, 0.25) is 5.02 Å². The van der Waals surface area contributed by atoms with Crippen LogP contribution >= 0.6 is 11.6 Å². The van der Waals surface area contributed by atoms with Crippen molar-refractivity contribution in [3.8, 4) is 0 Å². The predicted molar refractivity (Wildman–Crippen MR) is 117 cm³/mol. The van der Waals surface area contributed by atoms with Gasteiger partial charge in [0.25, 0.3) is 10.0 Å². The van der Waals surface area contributed by atoms with Gasteiger partial charge in [0, 0.05) is 35.0 Å². The van der Waals surface area contributed by atoms with Gasteiger partial charge in [0.1, 0.15) is 0 Å². The lowest BCUT2D eigenvalue weighted by Gasteiger charge is -2.13. The Morgan fingerprint density at radius 1 is 1.10 bits per heavy atom. The molecule has 3 rings (SSSR count). The van der Waals surface area contributed by atoms with Crippen LogP contribution in [0.15, 0.2) is 71.9 Å². The van der Waals surface area contributed by atoms with Crippen LogP contribution < -0.4 is 4.72 Å². The lowest BCUT2D eigenvalue weighted by molar-refractivity contribution is -0.140. The van der Waals surface area contributed by atoms with Crippen LogP contribution in [0, 0.1) is 0 Å². The van der Waals surface area contributed by atoms with Crippen molar-refractivity contribution in [3.63, 3.8) is 0 Å². The average molecular weight is 459 g/mol. The van der Waals surface area contributed by atoms with Crippen molar-refractivity contribution in [3.05, 3.63) is 88.7 Å². The first kappa shape index (κ1) is 22.5. The lowest BCUT2D eigenvalue weighted by Crippen LogP contribution is -2.16. The summed E-state index contributed by atoms with van der Waals surface area (Å²) in [7, 11) is -2.66. The number of halogens is 1. The van der Waals surface area contributed by atoms with E-state index < -0.39 is 15.8 Å². The molecule has 3 aromatic rings. The third-order valence-electron chi connectivity index (χ3n) is 4.47. The molecular weight excluding hydrogens is 440 g/mol. The summed E-state index contributed by atoms with van der Waals surface area (Å²) in [6.45, 7) is 0. The molecule has 0 radical (unpaired) electrons. The zero-order chi connectivity index (χ0) is 22.4. The van der Waals surface area contributed by atoms with Gasteiger partial charge in [-0.05, 0) is 54.4 Å². The number of sulfonamides is 1. The Balaban J connectivity index is 1.85. The highest BCUT2D eigenvalue weighted by Crippen LogP contribution is 2.26. The highest BCUT2D eigenvalue weighted by atomic mass is 35.5. The van der Waals surface area contributed by atoms with E-state index in [1.165, 1.54) is 49.8 Å². The Labute approximate surface area is 185 Å². The molecule has 2 aromatic carbocycles. The molecule has 0 saturated heterocycles. The van der Waals surface area contributed by atoms with Gasteiger partial charge >= 0.3 is 5.97 Å². The maximum absolute atomic E-state index is 12.9. The number of aromatic nitrogens is 1. The van der Waals surface area contributed by atoms with Crippen LogP contribution in [-0.4, -0.2) is 32.3 Å². The molecule has 31 heavy (non-hydrogen) atoms. The number of nitrogens with zero attached hydrogens (tertiary/aromatic N) is 1. The highest BCUT2D eigenvalue weighted by Gasteiger charge is 2.20. The van der Waals surface area contributed by atoms with E-state index in [0.717, 1.165) is 5.56 Å². The molecule has 0 spiro atoms. The number of nitrogens with one attached hydrogen (secondary N) is 1. The number of ketones is 1. The van der Waals surface area contributed by atoms with Gasteiger partial charge in [0.05, 0.1) is 17.7 Å². The van der Waals surface area contributed by atoms with Crippen LogP contribution in [0.25, 0.3) is 0 Å². The van der Waals surface area contributed by atoms with E-state index in [0.29, 0.717) is 17.0 Å². The van der Waals surface area contributed by atoms with Crippen molar-refractivity contribution in [2.24, 2.45) is 0 Å². The fraction of sp³-hybridized carbons (Fsp3) is 0.136. The zero-order valence-corrected chi connectivity index (χ0v) is 18.1. The van der Waals surface area contributed by atoms with Crippen molar-refractivity contribution >= 4 is 39.1 Å². The van der Waals surface area contributed by atoms with Gasteiger partial charge in [-0.1, -0.05) is 23.7 Å². The summed E-state index contributed by atoms with van der Waals surface area (Å²) in [5.41, 5.74) is 1.32. The predicted octanol–water partition coefficient (Wildman–Crippen LogP) is 3.87. The Kier molecular flexibility index (Phi) is 7.04. The van der Waals surface area contributed by atoms with Crippen molar-refractivity contribution in [2.75, 3.05) is 11.8 Å². The lowest BCUT2D eigenvalue weighted by atomic mass is 10.0. The number of anilines is 1. The zero-order valence-electron chi connectivity index (χ0n) is 16.5. The van der Waals surface area contributed by atoms with Gasteiger partial charge in [-0.2, -0.15) is 0 Å². The van der Waals surface area contributed by atoms with E-state index in [1.807, 2.05) is 0 Å². The van der Waals surface area contributed by atoms with E-state index in [9.17, 15) is 18.0 Å². The van der Waals surface area contributed by atoms with Gasteiger partial charge in [0.15, 0.2) is 5.78 Å². The Morgan fingerprint density at radius 2 is 1.84 bits per heavy atom. The Morgan fingerprint density at radius 3 is 2.48 bits per heavy atom. The number of carbonyl (C=O) groups excluding carboxylic acids is 2. The summed E-state index contributed by atoms with van der Waals surface area (Å²) in [5.74, 6) is -0.752. The van der Waals surface area contributed by atoms with Gasteiger partial charge in [-0.3, -0.25) is 19.3 Å². The standard InChI is InChI=1S/C22H19ClN2O5S/c1-30-21(26)11-6-15-4-8-18(9-5-15)31(28,29)25-20-10-7-17(23)13-19(20)22(27)16-3-2-12-24-14-16/h2-5,7-10,12-14,25H,6,11H2,1H3. The Hall–Kier alpha value is -3.23. The average Bonchev–Trinajstić information content (AvgIpc) is 2.79. The van der Waals surface area contributed by atoms with E-state index >= 15 is 0 Å². The SMILES string of the molecule is COC(=O)CCc1ccc(S(=O)(=O)Nc2ccc(Cl)cc2C(=O)c2cccnc2)cc1. The number of pyridine rings is 1. The van der Waals surface area contributed by atoms with Crippen LogP contribution in [0.1, 0.15) is 27.9 Å². The van der Waals surface area contributed by atoms with E-state index in [4.69, 9.17) is 11.6 Å². The van der Waals surface area contributed by atoms with Gasteiger partial charge < -0.3 is 4.74 Å². The largest absolute Gasteiger partial charge is 0.469 e. The number of esters is 1. The van der Waals surface area contributed by atoms with Crippen molar-refractivity contribution in [2.45, 2.75) is 17.7 Å². The highest BCUT2D eigenvalue weighted by molar-refractivity contribution is 7.92. The topological polar surface area (TPSA) is 102 Å². The number of hydrogen-bond donors (Lipinski definition) is 1. The molecular formula is C22H19ClN2O5S. The molecule has 0 saturated carbocycles. The minimum absolute atomic E-state index is 0.0176. The molecule has 0 aliphatic carbocycles. The van der Waals surface area contributed by atoms with Crippen LogP contribution in [0.3, 0.4) is 0 Å². The summed E-state index contributed by atoms with van der Waals surface area (Å²) in [6.07, 6.45) is 3.56. The molecule has 0 amide bonds. The molecule has 1 heterocycles. The fourth-order valence-corrected chi connectivity index (χ4v) is 4.09. The van der Waals surface area contributed by atoms with Crippen molar-refractivity contribution in [1.82, 2.24) is 4.98 Å². The summed E-state index contributed by atoms with van der Waals surface area (Å²) in [4.78, 5) is 28.1. The van der Waals surface area contributed by atoms with E-state index in [2.05, 4.69) is 14.4 Å².